The van der Waals surface area contributed by atoms with E-state index in [1.54, 1.807) is 18.2 Å². The highest BCUT2D eigenvalue weighted by atomic mass is 35.5. The van der Waals surface area contributed by atoms with Gasteiger partial charge in [-0.25, -0.2) is 9.37 Å². The summed E-state index contributed by atoms with van der Waals surface area (Å²) in [5.74, 6) is -0.924. The number of carboxylic acid groups (broad SMARTS) is 1. The molecule has 0 amide bonds. The molecular formula is C24H25ClN2O2. The Morgan fingerprint density at radius 3 is 1.97 bits per heavy atom. The molecule has 2 aromatic carbocycles. The number of hydrogen-bond acceptors (Lipinski definition) is 2. The minimum Gasteiger partial charge on any atom is -1.00 e. The van der Waals surface area contributed by atoms with E-state index in [1.165, 1.54) is 0 Å². The highest BCUT2D eigenvalue weighted by Gasteiger charge is 2.15. The molecule has 0 unspecified atom stereocenters. The van der Waals surface area contributed by atoms with Crippen LogP contribution in [0, 0.1) is 0 Å². The molecule has 3 rings (SSSR count). The first-order valence-corrected chi connectivity index (χ1v) is 9.13. The summed E-state index contributed by atoms with van der Waals surface area (Å²) in [4.78, 5) is 13.5. The van der Waals surface area contributed by atoms with Crippen LogP contribution in [0.15, 0.2) is 78.4 Å². The van der Waals surface area contributed by atoms with Crippen LogP contribution < -0.4 is 17.3 Å². The van der Waals surface area contributed by atoms with Crippen LogP contribution in [0.1, 0.15) is 21.5 Å². The van der Waals surface area contributed by atoms with Crippen LogP contribution in [-0.4, -0.2) is 49.6 Å². The average molecular weight is 409 g/mol. The number of anilines is 1. The van der Waals surface area contributed by atoms with Crippen LogP contribution in [0.2, 0.25) is 0 Å². The van der Waals surface area contributed by atoms with E-state index in [4.69, 9.17) is 0 Å². The predicted octanol–water partition coefficient (Wildman–Crippen LogP) is 1.10. The fraction of sp³-hybridized carbons (Fsp3) is 0.167. The van der Waals surface area contributed by atoms with Crippen molar-refractivity contribution < 1.29 is 26.9 Å². The zero-order valence-corrected chi connectivity index (χ0v) is 17.8. The van der Waals surface area contributed by atoms with E-state index in [9.17, 15) is 9.90 Å². The third kappa shape index (κ3) is 5.04. The van der Waals surface area contributed by atoms with Gasteiger partial charge in [0.25, 0.3) is 0 Å². The Morgan fingerprint density at radius 1 is 0.862 bits per heavy atom. The quantitative estimate of drug-likeness (QED) is 0.770. The van der Waals surface area contributed by atoms with Crippen LogP contribution in [-0.2, 0) is 0 Å². The van der Waals surface area contributed by atoms with E-state index in [1.807, 2.05) is 34.3 Å². The molecule has 0 aromatic heterocycles. The van der Waals surface area contributed by atoms with Crippen LogP contribution in [0.3, 0.4) is 0 Å². The van der Waals surface area contributed by atoms with E-state index in [-0.39, 0.29) is 18.0 Å². The highest BCUT2D eigenvalue weighted by molar-refractivity contribution is 6.04. The second-order valence-corrected chi connectivity index (χ2v) is 7.14. The van der Waals surface area contributed by atoms with Crippen molar-refractivity contribution >= 4 is 22.9 Å². The van der Waals surface area contributed by atoms with Crippen molar-refractivity contribution in [2.45, 2.75) is 0 Å². The maximum absolute atomic E-state index is 11.5. The van der Waals surface area contributed by atoms with Crippen molar-refractivity contribution in [3.8, 4) is 0 Å². The second kappa shape index (κ2) is 9.39. The first-order chi connectivity index (χ1) is 13.4. The fourth-order valence-corrected chi connectivity index (χ4v) is 3.16. The molecule has 0 radical (unpaired) electrons. The smallest absolute Gasteiger partial charge is 0.335 e. The standard InChI is InChI=1S/C24H24N2O2.ClH/c1-25(2)21-12-8-17(9-13-21)23(18-10-14-22(15-11-18)26(3)4)19-6-5-7-20(16-19)24(27)28;/h5-16H,1-4H3;1H. The minimum absolute atomic E-state index is 0. The third-order valence-corrected chi connectivity index (χ3v) is 4.74. The lowest BCUT2D eigenvalue weighted by Crippen LogP contribution is -3.00. The van der Waals surface area contributed by atoms with E-state index < -0.39 is 5.97 Å². The Labute approximate surface area is 178 Å². The van der Waals surface area contributed by atoms with Gasteiger partial charge in [0.15, 0.2) is 5.71 Å². The van der Waals surface area contributed by atoms with Gasteiger partial charge in [-0.05, 0) is 58.7 Å². The summed E-state index contributed by atoms with van der Waals surface area (Å²) in [7, 11) is 8.04. The topological polar surface area (TPSA) is 43.5 Å². The van der Waals surface area contributed by atoms with Gasteiger partial charge in [0, 0.05) is 31.9 Å². The maximum atomic E-state index is 11.5. The van der Waals surface area contributed by atoms with Gasteiger partial charge in [-0.1, -0.05) is 24.3 Å². The van der Waals surface area contributed by atoms with Crippen molar-refractivity contribution in [2.75, 3.05) is 33.1 Å². The summed E-state index contributed by atoms with van der Waals surface area (Å²) < 4.78 is 2.06. The zero-order chi connectivity index (χ0) is 20.3. The minimum atomic E-state index is -0.924. The Bertz CT molecular complexity index is 1010. The molecule has 1 N–H and O–H groups in total. The van der Waals surface area contributed by atoms with Crippen molar-refractivity contribution in [3.63, 3.8) is 0 Å². The Hall–Kier alpha value is -3.11. The number of carbonyl (C=O) groups is 1. The van der Waals surface area contributed by atoms with Crippen LogP contribution in [0.5, 0.6) is 0 Å². The lowest BCUT2D eigenvalue weighted by atomic mass is 9.90. The molecule has 2 aromatic rings. The molecule has 4 nitrogen and oxygen atoms in total. The molecule has 0 saturated heterocycles. The number of rotatable bonds is 4. The first-order valence-electron chi connectivity index (χ1n) is 9.13. The Morgan fingerprint density at radius 2 is 1.45 bits per heavy atom. The number of benzene rings is 2. The van der Waals surface area contributed by atoms with Gasteiger partial charge in [-0.15, -0.1) is 0 Å². The van der Waals surface area contributed by atoms with Gasteiger partial charge in [-0.3, -0.25) is 0 Å². The number of aromatic carboxylic acids is 1. The summed E-state index contributed by atoms with van der Waals surface area (Å²) in [5, 5.41) is 9.41. The van der Waals surface area contributed by atoms with Crippen LogP contribution in [0.25, 0.3) is 5.57 Å². The summed E-state index contributed by atoms with van der Waals surface area (Å²) in [6.45, 7) is 0. The Balaban J connectivity index is 0.00000300. The van der Waals surface area contributed by atoms with Gasteiger partial charge in [0.2, 0.25) is 0 Å². The monoisotopic (exact) mass is 408 g/mol. The van der Waals surface area contributed by atoms with Gasteiger partial charge in [-0.2, -0.15) is 0 Å². The molecule has 0 heterocycles. The van der Waals surface area contributed by atoms with Gasteiger partial charge >= 0.3 is 5.97 Å². The molecule has 0 aliphatic heterocycles. The molecule has 0 fully saturated rings. The van der Waals surface area contributed by atoms with Crippen molar-refractivity contribution in [2.24, 2.45) is 0 Å². The van der Waals surface area contributed by atoms with Gasteiger partial charge < -0.3 is 22.4 Å². The Kier molecular flexibility index (Phi) is 7.18. The molecule has 0 bridgehead atoms. The largest absolute Gasteiger partial charge is 1.00 e. The lowest BCUT2D eigenvalue weighted by Gasteiger charge is -2.17. The number of carboxylic acids is 1. The number of halogens is 1. The van der Waals surface area contributed by atoms with Gasteiger partial charge in [0.05, 0.1) is 5.56 Å². The molecule has 5 heteroatoms. The molecule has 1 aliphatic carbocycles. The zero-order valence-electron chi connectivity index (χ0n) is 17.1. The van der Waals surface area contributed by atoms with Crippen LogP contribution in [0.4, 0.5) is 5.69 Å². The summed E-state index contributed by atoms with van der Waals surface area (Å²) in [6.07, 6.45) is 8.31. The number of nitrogens with zero attached hydrogens (tertiary/aromatic N) is 2. The summed E-state index contributed by atoms with van der Waals surface area (Å²) >= 11 is 0. The second-order valence-electron chi connectivity index (χ2n) is 7.14. The molecule has 29 heavy (non-hydrogen) atoms. The van der Waals surface area contributed by atoms with E-state index in [0.717, 1.165) is 33.7 Å². The maximum Gasteiger partial charge on any atom is 0.335 e. The number of hydrogen-bond donors (Lipinski definition) is 1. The SMILES string of the molecule is CN(C)c1ccc(C(=C2C=CC(=[N+](C)C)C=C2)c2cccc(C(=O)O)c2)cc1.[Cl-]. The molecule has 150 valence electrons. The third-order valence-electron chi connectivity index (χ3n) is 4.74. The van der Waals surface area contributed by atoms with E-state index in [2.05, 4.69) is 58.0 Å². The van der Waals surface area contributed by atoms with Crippen molar-refractivity contribution in [1.29, 1.82) is 0 Å². The lowest BCUT2D eigenvalue weighted by molar-refractivity contribution is -0.462. The van der Waals surface area contributed by atoms with Gasteiger partial charge in [0.1, 0.15) is 14.1 Å². The molecule has 0 atom stereocenters. The number of allylic oxidation sites excluding steroid dienone is 5. The van der Waals surface area contributed by atoms with Crippen molar-refractivity contribution in [3.05, 3.63) is 95.1 Å². The fourth-order valence-electron chi connectivity index (χ4n) is 3.16. The predicted molar refractivity (Wildman–Crippen MR) is 116 cm³/mol. The molecule has 1 aliphatic rings. The van der Waals surface area contributed by atoms with Crippen molar-refractivity contribution in [1.82, 2.24) is 0 Å². The average Bonchev–Trinajstić information content (AvgIpc) is 2.69. The molecule has 0 saturated carbocycles. The molecule has 0 spiro atoms. The first kappa shape index (κ1) is 22.2. The highest BCUT2D eigenvalue weighted by Crippen LogP contribution is 2.31. The summed E-state index contributed by atoms with van der Waals surface area (Å²) in [6, 6.07) is 15.4. The van der Waals surface area contributed by atoms with E-state index >= 15 is 0 Å². The van der Waals surface area contributed by atoms with Crippen LogP contribution >= 0.6 is 0 Å². The van der Waals surface area contributed by atoms with E-state index in [0.29, 0.717) is 0 Å². The normalized spacial score (nSPS) is 12.4. The summed E-state index contributed by atoms with van der Waals surface area (Å²) in [5.41, 5.74) is 6.51. The molecular weight excluding hydrogens is 384 g/mol.